The molecule has 0 aliphatic heterocycles. The zero-order chi connectivity index (χ0) is 14.3. The van der Waals surface area contributed by atoms with Gasteiger partial charge in [-0.15, -0.1) is 6.58 Å². The van der Waals surface area contributed by atoms with Gasteiger partial charge < -0.3 is 5.32 Å². The molecular formula is C14H22N2O2S. The number of likely N-dealkylation sites (N-methyl/N-ethyl adjacent to an activating group) is 1. The van der Waals surface area contributed by atoms with E-state index in [0.29, 0.717) is 11.4 Å². The van der Waals surface area contributed by atoms with Gasteiger partial charge in [-0.05, 0) is 44.1 Å². The van der Waals surface area contributed by atoms with Crippen LogP contribution in [0.2, 0.25) is 0 Å². The lowest BCUT2D eigenvalue weighted by Gasteiger charge is -2.15. The molecule has 5 heteroatoms. The maximum Gasteiger partial charge on any atom is 0.243 e. The van der Waals surface area contributed by atoms with Crippen molar-refractivity contribution in [2.75, 3.05) is 27.2 Å². The summed E-state index contributed by atoms with van der Waals surface area (Å²) in [7, 11) is 0.0818. The average Bonchev–Trinajstić information content (AvgIpc) is 2.40. The Morgan fingerprint density at radius 3 is 2.47 bits per heavy atom. The Balaban J connectivity index is 2.77. The molecule has 1 N–H and O–H groups in total. The Morgan fingerprint density at radius 1 is 1.32 bits per heavy atom. The number of benzene rings is 1. The number of hydrogen-bond donors (Lipinski definition) is 1. The molecule has 0 fully saturated rings. The fourth-order valence-electron chi connectivity index (χ4n) is 1.76. The fraction of sp³-hybridized carbons (Fsp3) is 0.429. The van der Waals surface area contributed by atoms with E-state index >= 15 is 0 Å². The highest BCUT2D eigenvalue weighted by molar-refractivity contribution is 7.89. The molecule has 1 aromatic rings. The number of nitrogens with zero attached hydrogens (tertiary/aromatic N) is 1. The molecular weight excluding hydrogens is 260 g/mol. The Kier molecular flexibility index (Phi) is 6.21. The molecule has 4 nitrogen and oxygen atoms in total. The summed E-state index contributed by atoms with van der Waals surface area (Å²) >= 11 is 0. The van der Waals surface area contributed by atoms with Crippen LogP contribution in [-0.4, -0.2) is 39.9 Å². The largest absolute Gasteiger partial charge is 0.320 e. The summed E-state index contributed by atoms with van der Waals surface area (Å²) in [6.45, 7) is 4.82. The smallest absolute Gasteiger partial charge is 0.243 e. The minimum Gasteiger partial charge on any atom is -0.320 e. The number of hydrogen-bond acceptors (Lipinski definition) is 3. The maximum absolute atomic E-state index is 12.2. The predicted molar refractivity (Wildman–Crippen MR) is 78.7 cm³/mol. The second-order valence-corrected chi connectivity index (χ2v) is 6.47. The van der Waals surface area contributed by atoms with Crippen LogP contribution in [-0.2, 0) is 16.4 Å². The third-order valence-electron chi connectivity index (χ3n) is 2.91. The molecule has 0 aliphatic carbocycles. The Bertz CT molecular complexity index is 495. The van der Waals surface area contributed by atoms with Gasteiger partial charge in [0.15, 0.2) is 0 Å². The molecule has 0 unspecified atom stereocenters. The molecule has 0 amide bonds. The number of aryl methyl sites for hydroxylation is 1. The summed E-state index contributed by atoms with van der Waals surface area (Å²) in [6.07, 6.45) is 3.56. The van der Waals surface area contributed by atoms with E-state index in [4.69, 9.17) is 0 Å². The summed E-state index contributed by atoms with van der Waals surface area (Å²) in [4.78, 5) is 0.328. The van der Waals surface area contributed by atoms with Crippen LogP contribution in [0.5, 0.6) is 0 Å². The van der Waals surface area contributed by atoms with Crippen molar-refractivity contribution < 1.29 is 8.42 Å². The molecule has 0 spiro atoms. The molecule has 1 rings (SSSR count). The van der Waals surface area contributed by atoms with Gasteiger partial charge in [0.25, 0.3) is 0 Å². The van der Waals surface area contributed by atoms with Crippen molar-refractivity contribution in [2.24, 2.45) is 0 Å². The van der Waals surface area contributed by atoms with Gasteiger partial charge in [-0.1, -0.05) is 18.2 Å². The predicted octanol–water partition coefficient (Wildman–Crippen LogP) is 1.65. The Morgan fingerprint density at radius 2 is 1.95 bits per heavy atom. The molecule has 0 aliphatic rings. The first-order valence-corrected chi connectivity index (χ1v) is 7.77. The molecule has 1 aromatic carbocycles. The highest BCUT2D eigenvalue weighted by Gasteiger charge is 2.19. The molecule has 0 heterocycles. The van der Waals surface area contributed by atoms with Crippen LogP contribution in [0.4, 0.5) is 0 Å². The molecule has 0 aromatic heterocycles. The molecule has 106 valence electrons. The van der Waals surface area contributed by atoms with E-state index in [9.17, 15) is 8.42 Å². The van der Waals surface area contributed by atoms with Crippen molar-refractivity contribution in [3.8, 4) is 0 Å². The lowest BCUT2D eigenvalue weighted by atomic mass is 10.1. The van der Waals surface area contributed by atoms with Crippen LogP contribution in [0.1, 0.15) is 12.0 Å². The van der Waals surface area contributed by atoms with Crippen molar-refractivity contribution in [1.29, 1.82) is 0 Å². The lowest BCUT2D eigenvalue weighted by molar-refractivity contribution is 0.499. The second kappa shape index (κ2) is 7.43. The van der Waals surface area contributed by atoms with E-state index in [-0.39, 0.29) is 0 Å². The molecule has 0 saturated carbocycles. The average molecular weight is 282 g/mol. The van der Waals surface area contributed by atoms with Crippen LogP contribution in [0.15, 0.2) is 41.8 Å². The first-order valence-electron chi connectivity index (χ1n) is 6.33. The van der Waals surface area contributed by atoms with Gasteiger partial charge in [0.1, 0.15) is 0 Å². The highest BCUT2D eigenvalue weighted by Crippen LogP contribution is 2.15. The lowest BCUT2D eigenvalue weighted by Crippen LogP contribution is -2.26. The highest BCUT2D eigenvalue weighted by atomic mass is 32.2. The summed E-state index contributed by atoms with van der Waals surface area (Å²) in [6, 6.07) is 7.10. The zero-order valence-electron chi connectivity index (χ0n) is 11.6. The Labute approximate surface area is 116 Å². The minimum atomic E-state index is -3.39. The second-order valence-electron chi connectivity index (χ2n) is 4.43. The third kappa shape index (κ3) is 4.45. The summed E-state index contributed by atoms with van der Waals surface area (Å²) in [5.41, 5.74) is 1.15. The summed E-state index contributed by atoms with van der Waals surface area (Å²) < 4.78 is 25.6. The standard InChI is InChI=1S/C14H22N2O2S/c1-4-12-16(3)19(17,18)14-9-7-13(8-10-14)6-5-11-15-2/h4,7-10,15H,1,5-6,11-12H2,2-3H3. The van der Waals surface area contributed by atoms with Gasteiger partial charge in [0, 0.05) is 13.6 Å². The van der Waals surface area contributed by atoms with Gasteiger partial charge >= 0.3 is 0 Å². The van der Waals surface area contributed by atoms with Gasteiger partial charge in [-0.3, -0.25) is 0 Å². The van der Waals surface area contributed by atoms with E-state index in [1.807, 2.05) is 19.2 Å². The normalized spacial score (nSPS) is 11.7. The van der Waals surface area contributed by atoms with E-state index in [1.165, 1.54) is 4.31 Å². The molecule has 0 atom stereocenters. The summed E-state index contributed by atoms with van der Waals surface area (Å²) in [5.74, 6) is 0. The van der Waals surface area contributed by atoms with Crippen molar-refractivity contribution in [2.45, 2.75) is 17.7 Å². The van der Waals surface area contributed by atoms with Crippen LogP contribution >= 0.6 is 0 Å². The fourth-order valence-corrected chi connectivity index (χ4v) is 2.90. The van der Waals surface area contributed by atoms with Crippen LogP contribution in [0.25, 0.3) is 0 Å². The van der Waals surface area contributed by atoms with Crippen molar-refractivity contribution >= 4 is 10.0 Å². The first-order chi connectivity index (χ1) is 9.02. The van der Waals surface area contributed by atoms with Crippen molar-refractivity contribution in [3.05, 3.63) is 42.5 Å². The monoisotopic (exact) mass is 282 g/mol. The third-order valence-corrected chi connectivity index (χ3v) is 4.75. The van der Waals surface area contributed by atoms with Crippen LogP contribution < -0.4 is 5.32 Å². The summed E-state index contributed by atoms with van der Waals surface area (Å²) in [5, 5.41) is 3.09. The van der Waals surface area contributed by atoms with Crippen molar-refractivity contribution in [1.82, 2.24) is 9.62 Å². The van der Waals surface area contributed by atoms with Crippen LogP contribution in [0.3, 0.4) is 0 Å². The SMILES string of the molecule is C=CCN(C)S(=O)(=O)c1ccc(CCCNC)cc1. The van der Waals surface area contributed by atoms with Gasteiger partial charge in [-0.25, -0.2) is 8.42 Å². The van der Waals surface area contributed by atoms with E-state index in [0.717, 1.165) is 24.9 Å². The van der Waals surface area contributed by atoms with Crippen LogP contribution in [0, 0.1) is 0 Å². The Hall–Kier alpha value is -1.17. The van der Waals surface area contributed by atoms with Crippen molar-refractivity contribution in [3.63, 3.8) is 0 Å². The molecule has 0 radical (unpaired) electrons. The first kappa shape index (κ1) is 15.9. The topological polar surface area (TPSA) is 49.4 Å². The van der Waals surface area contributed by atoms with Gasteiger partial charge in [0.2, 0.25) is 10.0 Å². The van der Waals surface area contributed by atoms with E-state index in [2.05, 4.69) is 11.9 Å². The maximum atomic E-state index is 12.2. The molecule has 0 saturated heterocycles. The van der Waals surface area contributed by atoms with Gasteiger partial charge in [-0.2, -0.15) is 4.31 Å². The molecule has 0 bridgehead atoms. The number of rotatable bonds is 8. The zero-order valence-corrected chi connectivity index (χ0v) is 12.4. The van der Waals surface area contributed by atoms with E-state index in [1.54, 1.807) is 25.3 Å². The quantitative estimate of drug-likeness (QED) is 0.582. The van der Waals surface area contributed by atoms with Gasteiger partial charge in [0.05, 0.1) is 4.90 Å². The van der Waals surface area contributed by atoms with E-state index < -0.39 is 10.0 Å². The molecule has 19 heavy (non-hydrogen) atoms. The minimum absolute atomic E-state index is 0.312. The number of nitrogens with one attached hydrogen (secondary N) is 1. The number of sulfonamides is 1.